The van der Waals surface area contributed by atoms with Gasteiger partial charge in [-0.1, -0.05) is 27.7 Å². The maximum atomic E-state index is 12.9. The van der Waals surface area contributed by atoms with Crippen LogP contribution in [0.3, 0.4) is 0 Å². The molecule has 0 unspecified atom stereocenters. The average Bonchev–Trinajstić information content (AvgIpc) is 3.11. The first-order valence-corrected chi connectivity index (χ1v) is 10.6. The highest BCUT2D eigenvalue weighted by atomic mass is 16.5. The Morgan fingerprint density at radius 2 is 1.87 bits per heavy atom. The molecule has 1 aromatic heterocycles. The minimum absolute atomic E-state index is 0.0617. The lowest BCUT2D eigenvalue weighted by atomic mass is 9.84. The van der Waals surface area contributed by atoms with Gasteiger partial charge in [0.2, 0.25) is 11.8 Å². The van der Waals surface area contributed by atoms with Crippen LogP contribution in [0.15, 0.2) is 10.7 Å². The molecule has 0 saturated heterocycles. The largest absolute Gasteiger partial charge is 0.446 e. The third-order valence-corrected chi connectivity index (χ3v) is 4.53. The van der Waals surface area contributed by atoms with Crippen LogP contribution in [0, 0.1) is 11.3 Å². The Hall–Kier alpha value is -1.93. The lowest BCUT2D eigenvalue weighted by molar-refractivity contribution is -0.133. The second-order valence-corrected chi connectivity index (χ2v) is 8.96. The molecular weight excluding hydrogens is 386 g/mol. The molecule has 0 saturated carbocycles. The third-order valence-electron chi connectivity index (χ3n) is 4.53. The Labute approximate surface area is 180 Å². The molecule has 1 N–H and O–H groups in total. The molecule has 0 spiro atoms. The fourth-order valence-electron chi connectivity index (χ4n) is 3.40. The Morgan fingerprint density at radius 3 is 2.50 bits per heavy atom. The summed E-state index contributed by atoms with van der Waals surface area (Å²) in [6.07, 6.45) is 4.22. The van der Waals surface area contributed by atoms with Crippen LogP contribution in [-0.4, -0.2) is 62.2 Å². The number of nitrogens with zero attached hydrogens (tertiary/aromatic N) is 2. The molecule has 0 bridgehead atoms. The van der Waals surface area contributed by atoms with Crippen LogP contribution in [-0.2, 0) is 20.8 Å². The summed E-state index contributed by atoms with van der Waals surface area (Å²) in [6.45, 7) is 11.1. The number of ether oxygens (including phenoxy) is 2. The molecule has 1 atom stereocenters. The minimum atomic E-state index is -0.294. The number of carbonyl (C=O) groups is 2. The summed E-state index contributed by atoms with van der Waals surface area (Å²) in [5, 5.41) is 2.77. The molecule has 0 radical (unpaired) electrons. The molecule has 0 aromatic carbocycles. The van der Waals surface area contributed by atoms with Crippen LogP contribution >= 0.6 is 0 Å². The lowest BCUT2D eigenvalue weighted by Crippen LogP contribution is -2.33. The van der Waals surface area contributed by atoms with Gasteiger partial charge in [-0.05, 0) is 30.6 Å². The van der Waals surface area contributed by atoms with Crippen molar-refractivity contribution in [1.29, 1.82) is 0 Å². The van der Waals surface area contributed by atoms with Gasteiger partial charge in [0.15, 0.2) is 5.69 Å². The molecule has 8 nitrogen and oxygen atoms in total. The van der Waals surface area contributed by atoms with E-state index in [0.29, 0.717) is 38.6 Å². The first-order valence-electron chi connectivity index (χ1n) is 10.6. The van der Waals surface area contributed by atoms with E-state index >= 15 is 0 Å². The highest BCUT2D eigenvalue weighted by Gasteiger charge is 2.23. The highest BCUT2D eigenvalue weighted by molar-refractivity contribution is 5.91. The minimum Gasteiger partial charge on any atom is -0.446 e. The van der Waals surface area contributed by atoms with Crippen molar-refractivity contribution in [2.45, 2.75) is 59.9 Å². The van der Waals surface area contributed by atoms with Crippen molar-refractivity contribution >= 4 is 11.8 Å². The van der Waals surface area contributed by atoms with E-state index in [9.17, 15) is 9.59 Å². The number of amides is 2. The predicted octanol–water partition coefficient (Wildman–Crippen LogP) is 3.27. The van der Waals surface area contributed by atoms with E-state index in [-0.39, 0.29) is 35.4 Å². The van der Waals surface area contributed by atoms with Gasteiger partial charge in [0.05, 0.1) is 6.54 Å². The first-order chi connectivity index (χ1) is 14.2. The molecule has 8 heteroatoms. The summed E-state index contributed by atoms with van der Waals surface area (Å²) in [6, 6.07) is 0. The van der Waals surface area contributed by atoms with E-state index in [1.165, 1.54) is 6.26 Å². The molecule has 0 aliphatic heterocycles. The van der Waals surface area contributed by atoms with Gasteiger partial charge < -0.3 is 24.1 Å². The van der Waals surface area contributed by atoms with E-state index in [0.717, 1.165) is 19.3 Å². The van der Waals surface area contributed by atoms with Gasteiger partial charge in [0, 0.05) is 46.9 Å². The van der Waals surface area contributed by atoms with Crippen LogP contribution in [0.1, 0.15) is 69.8 Å². The summed E-state index contributed by atoms with van der Waals surface area (Å²) in [4.78, 5) is 31.1. The summed E-state index contributed by atoms with van der Waals surface area (Å²) < 4.78 is 15.5. The molecule has 0 aliphatic carbocycles. The fraction of sp³-hybridized carbons (Fsp3) is 0.773. The van der Waals surface area contributed by atoms with Crippen LogP contribution < -0.4 is 5.32 Å². The number of hydrogen-bond donors (Lipinski definition) is 1. The van der Waals surface area contributed by atoms with Crippen molar-refractivity contribution in [2.75, 3.05) is 40.5 Å². The van der Waals surface area contributed by atoms with Crippen LogP contribution in [0.25, 0.3) is 0 Å². The quantitative estimate of drug-likeness (QED) is 0.460. The number of rotatable bonds is 14. The molecule has 172 valence electrons. The zero-order valence-electron chi connectivity index (χ0n) is 19.5. The highest BCUT2D eigenvalue weighted by Crippen LogP contribution is 2.26. The van der Waals surface area contributed by atoms with E-state index in [4.69, 9.17) is 13.9 Å². The van der Waals surface area contributed by atoms with E-state index in [1.807, 2.05) is 0 Å². The fourth-order valence-corrected chi connectivity index (χ4v) is 3.40. The van der Waals surface area contributed by atoms with Crippen LogP contribution in [0.4, 0.5) is 0 Å². The first kappa shape index (κ1) is 26.1. The number of aromatic nitrogens is 1. The van der Waals surface area contributed by atoms with Crippen molar-refractivity contribution < 1.29 is 23.5 Å². The Balaban J connectivity index is 2.69. The Bertz CT molecular complexity index is 639. The topological polar surface area (TPSA) is 93.9 Å². The van der Waals surface area contributed by atoms with Crippen LogP contribution in [0.5, 0.6) is 0 Å². The van der Waals surface area contributed by atoms with Crippen molar-refractivity contribution in [2.24, 2.45) is 11.3 Å². The standard InChI is InChI=1S/C22H39N3O5/c1-17(14-22(2,3)4)13-20(26)25(10-8-12-29-6)15-19-24-18(16-30-19)21(27)23-9-7-11-28-5/h16-17H,7-15H2,1-6H3,(H,23,27)/t17-/m1/s1. The van der Waals surface area contributed by atoms with Gasteiger partial charge in [0.1, 0.15) is 6.26 Å². The summed E-state index contributed by atoms with van der Waals surface area (Å²) in [5.41, 5.74) is 0.391. The van der Waals surface area contributed by atoms with Gasteiger partial charge in [-0.25, -0.2) is 4.98 Å². The molecule has 0 fully saturated rings. The van der Waals surface area contributed by atoms with Gasteiger partial charge in [-0.15, -0.1) is 0 Å². The van der Waals surface area contributed by atoms with Crippen molar-refractivity contribution in [3.05, 3.63) is 17.8 Å². The molecule has 2 amide bonds. The van der Waals surface area contributed by atoms with Crippen molar-refractivity contribution in [3.63, 3.8) is 0 Å². The van der Waals surface area contributed by atoms with Crippen molar-refractivity contribution in [3.8, 4) is 0 Å². The number of carbonyl (C=O) groups excluding carboxylic acids is 2. The predicted molar refractivity (Wildman–Crippen MR) is 115 cm³/mol. The number of oxazole rings is 1. The van der Waals surface area contributed by atoms with Gasteiger partial charge in [-0.2, -0.15) is 0 Å². The Morgan fingerprint density at radius 1 is 1.20 bits per heavy atom. The lowest BCUT2D eigenvalue weighted by Gasteiger charge is -2.26. The Kier molecular flexibility index (Phi) is 11.7. The smallest absolute Gasteiger partial charge is 0.273 e. The second kappa shape index (κ2) is 13.4. The molecule has 1 aromatic rings. The monoisotopic (exact) mass is 425 g/mol. The number of methoxy groups -OCH3 is 2. The van der Waals surface area contributed by atoms with Gasteiger partial charge >= 0.3 is 0 Å². The molecule has 0 aliphatic rings. The SMILES string of the molecule is COCCCNC(=O)c1coc(CN(CCCOC)C(=O)C[C@@H](C)CC(C)(C)C)n1. The van der Waals surface area contributed by atoms with Crippen molar-refractivity contribution in [1.82, 2.24) is 15.2 Å². The average molecular weight is 426 g/mol. The number of nitrogens with one attached hydrogen (secondary N) is 1. The van der Waals surface area contributed by atoms with Crippen LogP contribution in [0.2, 0.25) is 0 Å². The molecule has 1 rings (SSSR count). The van der Waals surface area contributed by atoms with E-state index < -0.39 is 0 Å². The summed E-state index contributed by atoms with van der Waals surface area (Å²) in [5.74, 6) is 0.399. The normalized spacial score (nSPS) is 12.6. The van der Waals surface area contributed by atoms with Gasteiger partial charge in [-0.3, -0.25) is 9.59 Å². The summed E-state index contributed by atoms with van der Waals surface area (Å²) >= 11 is 0. The molecular formula is C22H39N3O5. The third kappa shape index (κ3) is 10.7. The summed E-state index contributed by atoms with van der Waals surface area (Å²) in [7, 11) is 3.26. The van der Waals surface area contributed by atoms with E-state index in [2.05, 4.69) is 38.0 Å². The maximum absolute atomic E-state index is 12.9. The van der Waals surface area contributed by atoms with E-state index in [1.54, 1.807) is 19.1 Å². The van der Waals surface area contributed by atoms with Gasteiger partial charge in [0.25, 0.3) is 5.91 Å². The zero-order chi connectivity index (χ0) is 22.6. The number of hydrogen-bond acceptors (Lipinski definition) is 6. The second-order valence-electron chi connectivity index (χ2n) is 8.96. The zero-order valence-corrected chi connectivity index (χ0v) is 19.5. The molecule has 1 heterocycles. The molecule has 30 heavy (non-hydrogen) atoms. The maximum Gasteiger partial charge on any atom is 0.273 e.